The number of hydrogen-bond acceptors (Lipinski definition) is 2. The molecular weight excluding hydrogens is 334 g/mol. The summed E-state index contributed by atoms with van der Waals surface area (Å²) in [4.78, 5) is 15.0. The summed E-state index contributed by atoms with van der Waals surface area (Å²) in [5, 5.41) is 6.30. The van der Waals surface area contributed by atoms with E-state index in [0.29, 0.717) is 5.92 Å². The molecule has 2 aromatic rings. The minimum Gasteiger partial charge on any atom is -0.334 e. The summed E-state index contributed by atoms with van der Waals surface area (Å²) in [6, 6.07) is 16.9. The predicted octanol–water partition coefficient (Wildman–Crippen LogP) is 4.77. The molecule has 2 N–H and O–H groups in total. The Labute approximate surface area is 163 Å². The van der Waals surface area contributed by atoms with Crippen molar-refractivity contribution in [1.82, 2.24) is 10.2 Å². The number of rotatable bonds is 6. The highest BCUT2D eigenvalue weighted by Crippen LogP contribution is 2.28. The second-order valence-corrected chi connectivity index (χ2v) is 7.69. The van der Waals surface area contributed by atoms with E-state index in [9.17, 15) is 4.79 Å². The van der Waals surface area contributed by atoms with Crippen LogP contribution in [0.25, 0.3) is 0 Å². The molecule has 1 aliphatic rings. The summed E-state index contributed by atoms with van der Waals surface area (Å²) in [5.74, 6) is 0.375. The number of benzene rings is 2. The third kappa shape index (κ3) is 5.10. The molecule has 0 bridgehead atoms. The summed E-state index contributed by atoms with van der Waals surface area (Å²) in [7, 11) is 0. The first-order valence-electron chi connectivity index (χ1n) is 10.0. The number of para-hydroxylation sites is 1. The largest absolute Gasteiger partial charge is 0.334 e. The summed E-state index contributed by atoms with van der Waals surface area (Å²) >= 11 is 0. The fraction of sp³-hybridized carbons (Fsp3) is 0.435. The lowest BCUT2D eigenvalue weighted by molar-refractivity contribution is 0.247. The Bertz CT molecular complexity index is 757. The first-order chi connectivity index (χ1) is 13.1. The zero-order valence-corrected chi connectivity index (χ0v) is 16.7. The Morgan fingerprint density at radius 1 is 1.15 bits per heavy atom. The number of hydrogen-bond donors (Lipinski definition) is 2. The number of aryl methyl sites for hydroxylation is 1. The van der Waals surface area contributed by atoms with Crippen molar-refractivity contribution in [3.05, 3.63) is 65.2 Å². The van der Waals surface area contributed by atoms with Gasteiger partial charge in [-0.3, -0.25) is 4.90 Å². The van der Waals surface area contributed by atoms with Crippen LogP contribution in [0.15, 0.2) is 48.5 Å². The molecule has 0 aromatic heterocycles. The van der Waals surface area contributed by atoms with Gasteiger partial charge in [0.05, 0.1) is 0 Å². The molecule has 3 rings (SSSR count). The van der Waals surface area contributed by atoms with Gasteiger partial charge < -0.3 is 10.6 Å². The van der Waals surface area contributed by atoms with Gasteiger partial charge in [-0.2, -0.15) is 0 Å². The van der Waals surface area contributed by atoms with Crippen LogP contribution in [0.2, 0.25) is 0 Å². The molecule has 0 radical (unpaired) electrons. The maximum absolute atomic E-state index is 12.6. The summed E-state index contributed by atoms with van der Waals surface area (Å²) in [6.45, 7) is 9.31. The van der Waals surface area contributed by atoms with Crippen molar-refractivity contribution in [2.45, 2.75) is 52.1 Å². The Kier molecular flexibility index (Phi) is 6.51. The Balaban J connectivity index is 1.57. The molecule has 2 amide bonds. The molecule has 4 nitrogen and oxygen atoms in total. The van der Waals surface area contributed by atoms with Crippen LogP contribution in [-0.4, -0.2) is 30.1 Å². The van der Waals surface area contributed by atoms with E-state index in [2.05, 4.69) is 78.8 Å². The number of nitrogens with zero attached hydrogens (tertiary/aromatic N) is 1. The zero-order valence-electron chi connectivity index (χ0n) is 16.7. The highest BCUT2D eigenvalue weighted by molar-refractivity contribution is 5.91. The highest BCUT2D eigenvalue weighted by Gasteiger charge is 2.24. The molecule has 1 atom stereocenters. The molecule has 1 heterocycles. The van der Waals surface area contributed by atoms with E-state index in [4.69, 9.17) is 0 Å². The lowest BCUT2D eigenvalue weighted by atomic mass is 9.96. The molecule has 27 heavy (non-hydrogen) atoms. The number of nitrogens with one attached hydrogen (secondary N) is 2. The third-order valence-corrected chi connectivity index (χ3v) is 5.28. The van der Waals surface area contributed by atoms with Gasteiger partial charge >= 0.3 is 6.03 Å². The average molecular weight is 366 g/mol. The first kappa shape index (κ1) is 19.4. The van der Waals surface area contributed by atoms with Crippen LogP contribution in [0, 0.1) is 0 Å². The van der Waals surface area contributed by atoms with Crippen molar-refractivity contribution in [2.75, 3.05) is 18.4 Å². The van der Waals surface area contributed by atoms with E-state index < -0.39 is 0 Å². The van der Waals surface area contributed by atoms with E-state index in [1.807, 2.05) is 6.07 Å². The molecule has 4 heteroatoms. The Morgan fingerprint density at radius 2 is 1.93 bits per heavy atom. The van der Waals surface area contributed by atoms with E-state index in [0.717, 1.165) is 38.2 Å². The second-order valence-electron chi connectivity index (χ2n) is 7.69. The number of urea groups is 1. The fourth-order valence-electron chi connectivity index (χ4n) is 3.82. The van der Waals surface area contributed by atoms with Gasteiger partial charge in [-0.15, -0.1) is 0 Å². The van der Waals surface area contributed by atoms with E-state index >= 15 is 0 Å². The fourth-order valence-corrected chi connectivity index (χ4v) is 3.82. The van der Waals surface area contributed by atoms with Crippen molar-refractivity contribution in [3.8, 4) is 0 Å². The van der Waals surface area contributed by atoms with E-state index in [1.54, 1.807) is 0 Å². The average Bonchev–Trinajstić information content (AvgIpc) is 3.09. The number of carbonyl (C=O) groups is 1. The maximum atomic E-state index is 12.6. The minimum atomic E-state index is -0.0932. The monoisotopic (exact) mass is 365 g/mol. The molecule has 0 saturated carbocycles. The van der Waals surface area contributed by atoms with Crippen molar-refractivity contribution in [2.24, 2.45) is 0 Å². The van der Waals surface area contributed by atoms with Crippen LogP contribution in [0.3, 0.4) is 0 Å². The molecular formula is C23H31N3O. The van der Waals surface area contributed by atoms with Crippen molar-refractivity contribution < 1.29 is 4.79 Å². The van der Waals surface area contributed by atoms with E-state index in [1.165, 1.54) is 16.7 Å². The van der Waals surface area contributed by atoms with Gasteiger partial charge in [0.15, 0.2) is 0 Å². The van der Waals surface area contributed by atoms with Gasteiger partial charge in [-0.1, -0.05) is 69.3 Å². The topological polar surface area (TPSA) is 44.4 Å². The lowest BCUT2D eigenvalue weighted by Gasteiger charge is -2.20. The number of likely N-dealkylation sites (tertiary alicyclic amines) is 1. The van der Waals surface area contributed by atoms with Gasteiger partial charge in [0, 0.05) is 31.4 Å². The van der Waals surface area contributed by atoms with Crippen LogP contribution in [0.1, 0.15) is 49.8 Å². The van der Waals surface area contributed by atoms with E-state index in [-0.39, 0.29) is 12.1 Å². The van der Waals surface area contributed by atoms with Crippen LogP contribution < -0.4 is 10.6 Å². The SMILES string of the molecule is CCc1cccc(C(C)C)c1NC(=O)NC1CCN(Cc2ccccc2)C1. The molecule has 0 spiro atoms. The number of carbonyl (C=O) groups excluding carboxylic acids is 1. The second kappa shape index (κ2) is 9.05. The van der Waals surface area contributed by atoms with Crippen LogP contribution >= 0.6 is 0 Å². The van der Waals surface area contributed by atoms with Gasteiger partial charge in [-0.05, 0) is 35.4 Å². The molecule has 1 saturated heterocycles. The molecule has 1 fully saturated rings. The van der Waals surface area contributed by atoms with Crippen molar-refractivity contribution in [1.29, 1.82) is 0 Å². The van der Waals surface area contributed by atoms with Crippen LogP contribution in [0.4, 0.5) is 10.5 Å². The zero-order chi connectivity index (χ0) is 19.2. The molecule has 1 aliphatic heterocycles. The summed E-state index contributed by atoms with van der Waals surface area (Å²) < 4.78 is 0. The van der Waals surface area contributed by atoms with Gasteiger partial charge in [0.2, 0.25) is 0 Å². The Morgan fingerprint density at radius 3 is 2.63 bits per heavy atom. The maximum Gasteiger partial charge on any atom is 0.319 e. The molecule has 1 unspecified atom stereocenters. The summed E-state index contributed by atoms with van der Waals surface area (Å²) in [5.41, 5.74) is 4.68. The molecule has 2 aromatic carbocycles. The van der Waals surface area contributed by atoms with Gasteiger partial charge in [-0.25, -0.2) is 4.79 Å². The van der Waals surface area contributed by atoms with Gasteiger partial charge in [0.25, 0.3) is 0 Å². The quantitative estimate of drug-likeness (QED) is 0.774. The number of amides is 2. The Hall–Kier alpha value is -2.33. The molecule has 0 aliphatic carbocycles. The smallest absolute Gasteiger partial charge is 0.319 e. The molecule has 144 valence electrons. The standard InChI is InChI=1S/C23H31N3O/c1-4-19-11-8-12-21(17(2)3)22(19)25-23(27)24-20-13-14-26(16-20)15-18-9-6-5-7-10-18/h5-12,17,20H,4,13-16H2,1-3H3,(H2,24,25,27). The third-order valence-electron chi connectivity index (χ3n) is 5.28. The highest BCUT2D eigenvalue weighted by atomic mass is 16.2. The van der Waals surface area contributed by atoms with Crippen molar-refractivity contribution >= 4 is 11.7 Å². The minimum absolute atomic E-state index is 0.0932. The summed E-state index contributed by atoms with van der Waals surface area (Å²) in [6.07, 6.45) is 1.90. The van der Waals surface area contributed by atoms with Gasteiger partial charge in [0.1, 0.15) is 0 Å². The predicted molar refractivity (Wildman–Crippen MR) is 112 cm³/mol. The number of anilines is 1. The lowest BCUT2D eigenvalue weighted by Crippen LogP contribution is -2.40. The van der Waals surface area contributed by atoms with Crippen LogP contribution in [-0.2, 0) is 13.0 Å². The first-order valence-corrected chi connectivity index (χ1v) is 10.0. The van der Waals surface area contributed by atoms with Crippen molar-refractivity contribution in [3.63, 3.8) is 0 Å². The normalized spacial score (nSPS) is 17.3. The van der Waals surface area contributed by atoms with Crippen LogP contribution in [0.5, 0.6) is 0 Å².